The molecule has 2 aliphatic carbocycles. The van der Waals surface area contributed by atoms with Gasteiger partial charge in [-0.25, -0.2) is 0 Å². The van der Waals surface area contributed by atoms with E-state index in [9.17, 15) is 0 Å². The van der Waals surface area contributed by atoms with Crippen molar-refractivity contribution in [3.05, 3.63) is 0 Å². The second-order valence-corrected chi connectivity index (χ2v) is 7.84. The second-order valence-electron chi connectivity index (χ2n) is 5.87. The standard InChI is InChI=1S/C12H23P.2C2H4O2/c1-3-7-11(8-4-1)13-12-9-5-2-6-10-12;2*1-2(3)4/h11-13H,1-10H2;2*1H3,(H,3,4). The number of carboxylic acids is 2. The summed E-state index contributed by atoms with van der Waals surface area (Å²) in [6.45, 7) is 2.17. The molecule has 124 valence electrons. The number of rotatable bonds is 2. The predicted molar refractivity (Wildman–Crippen MR) is 88.7 cm³/mol. The summed E-state index contributed by atoms with van der Waals surface area (Å²) in [5.74, 6) is -1.67. The molecule has 0 spiro atoms. The van der Waals surface area contributed by atoms with E-state index in [1.165, 1.54) is 47.1 Å². The Hall–Kier alpha value is -0.630. The molecule has 0 aromatic heterocycles. The highest BCUT2D eigenvalue weighted by molar-refractivity contribution is 7.39. The van der Waals surface area contributed by atoms with Crippen LogP contribution in [0.4, 0.5) is 0 Å². The van der Waals surface area contributed by atoms with Crippen LogP contribution in [0.1, 0.15) is 78.1 Å². The Bertz CT molecular complexity index is 246. The molecule has 4 nitrogen and oxygen atoms in total. The van der Waals surface area contributed by atoms with Crippen molar-refractivity contribution in [2.75, 3.05) is 0 Å². The van der Waals surface area contributed by atoms with Gasteiger partial charge >= 0.3 is 0 Å². The van der Waals surface area contributed by atoms with Gasteiger partial charge in [0.15, 0.2) is 0 Å². The average molecular weight is 318 g/mol. The first-order valence-corrected chi connectivity index (χ1v) is 9.22. The van der Waals surface area contributed by atoms with Crippen LogP contribution in [0.3, 0.4) is 0 Å². The molecule has 2 saturated carbocycles. The van der Waals surface area contributed by atoms with Crippen LogP contribution in [0, 0.1) is 0 Å². The molecule has 0 saturated heterocycles. The first-order valence-electron chi connectivity index (χ1n) is 8.07. The molecule has 0 heterocycles. The zero-order chi connectivity index (χ0) is 16.1. The number of aliphatic carboxylic acids is 2. The minimum atomic E-state index is -0.833. The normalized spacial score (nSPS) is 19.5. The minimum absolute atomic E-state index is 0.833. The van der Waals surface area contributed by atoms with E-state index in [-0.39, 0.29) is 0 Å². The van der Waals surface area contributed by atoms with E-state index in [1.807, 2.05) is 0 Å². The molecule has 0 atom stereocenters. The van der Waals surface area contributed by atoms with Gasteiger partial charge in [-0.3, -0.25) is 9.59 Å². The van der Waals surface area contributed by atoms with Gasteiger partial charge < -0.3 is 10.2 Å². The van der Waals surface area contributed by atoms with Crippen molar-refractivity contribution in [3.8, 4) is 0 Å². The van der Waals surface area contributed by atoms with Crippen molar-refractivity contribution in [2.24, 2.45) is 0 Å². The largest absolute Gasteiger partial charge is 0.481 e. The van der Waals surface area contributed by atoms with E-state index < -0.39 is 11.9 Å². The van der Waals surface area contributed by atoms with Crippen LogP contribution < -0.4 is 0 Å². The van der Waals surface area contributed by atoms with Gasteiger partial charge in [-0.15, -0.1) is 8.58 Å². The van der Waals surface area contributed by atoms with E-state index in [1.54, 1.807) is 25.7 Å². The molecule has 2 fully saturated rings. The summed E-state index contributed by atoms with van der Waals surface area (Å²) in [6, 6.07) is 0. The lowest BCUT2D eigenvalue weighted by Crippen LogP contribution is -2.14. The van der Waals surface area contributed by atoms with Gasteiger partial charge in [-0.1, -0.05) is 38.5 Å². The molecular weight excluding hydrogens is 287 g/mol. The Balaban J connectivity index is 0.000000421. The third-order valence-electron chi connectivity index (χ3n) is 3.68. The Morgan fingerprint density at radius 3 is 1.19 bits per heavy atom. The van der Waals surface area contributed by atoms with Crippen LogP contribution >= 0.6 is 8.58 Å². The van der Waals surface area contributed by atoms with Crippen molar-refractivity contribution in [1.82, 2.24) is 0 Å². The second kappa shape index (κ2) is 13.1. The van der Waals surface area contributed by atoms with E-state index >= 15 is 0 Å². The zero-order valence-electron chi connectivity index (χ0n) is 13.4. The number of hydrogen-bond donors (Lipinski definition) is 2. The van der Waals surface area contributed by atoms with Crippen molar-refractivity contribution < 1.29 is 19.8 Å². The molecule has 2 aliphatic rings. The molecule has 0 aromatic carbocycles. The maximum Gasteiger partial charge on any atom is 0.300 e. The van der Waals surface area contributed by atoms with Gasteiger partial charge in [0.05, 0.1) is 0 Å². The fourth-order valence-corrected chi connectivity index (χ4v) is 5.02. The SMILES string of the molecule is C1CCC(PC2CCCCC2)CC1.CC(=O)O.CC(=O)O. The Labute approximate surface area is 130 Å². The smallest absolute Gasteiger partial charge is 0.300 e. The topological polar surface area (TPSA) is 74.6 Å². The maximum absolute atomic E-state index is 9.00. The highest BCUT2D eigenvalue weighted by atomic mass is 31.1. The molecule has 5 heteroatoms. The summed E-state index contributed by atoms with van der Waals surface area (Å²) in [4.78, 5) is 18.0. The van der Waals surface area contributed by atoms with Gasteiger partial charge in [-0.2, -0.15) is 0 Å². The Kier molecular flexibility index (Phi) is 12.7. The van der Waals surface area contributed by atoms with Crippen molar-refractivity contribution in [1.29, 1.82) is 0 Å². The van der Waals surface area contributed by atoms with Crippen LogP contribution in [0.2, 0.25) is 0 Å². The first-order chi connectivity index (χ1) is 9.91. The van der Waals surface area contributed by atoms with Gasteiger partial charge in [0.25, 0.3) is 11.9 Å². The van der Waals surface area contributed by atoms with Crippen LogP contribution in [0.15, 0.2) is 0 Å². The van der Waals surface area contributed by atoms with Crippen LogP contribution in [0.5, 0.6) is 0 Å². The molecule has 0 unspecified atom stereocenters. The van der Waals surface area contributed by atoms with Gasteiger partial charge in [0, 0.05) is 13.8 Å². The summed E-state index contributed by atoms with van der Waals surface area (Å²) in [5.41, 5.74) is 2.30. The number of carbonyl (C=O) groups is 2. The van der Waals surface area contributed by atoms with Crippen molar-refractivity contribution >= 4 is 20.5 Å². The molecule has 0 aromatic rings. The molecule has 2 N–H and O–H groups in total. The summed E-state index contributed by atoms with van der Waals surface area (Å²) >= 11 is 0. The van der Waals surface area contributed by atoms with Crippen LogP contribution in [-0.2, 0) is 9.59 Å². The lowest BCUT2D eigenvalue weighted by atomic mass is 10.00. The van der Waals surface area contributed by atoms with Crippen molar-refractivity contribution in [3.63, 3.8) is 0 Å². The lowest BCUT2D eigenvalue weighted by molar-refractivity contribution is -0.135. The summed E-state index contributed by atoms with van der Waals surface area (Å²) in [7, 11) is 1.33. The third-order valence-corrected chi connectivity index (χ3v) is 5.78. The highest BCUT2D eigenvalue weighted by Crippen LogP contribution is 2.41. The fraction of sp³-hybridized carbons (Fsp3) is 0.875. The van der Waals surface area contributed by atoms with Gasteiger partial charge in [-0.05, 0) is 37.0 Å². The van der Waals surface area contributed by atoms with Crippen LogP contribution in [-0.4, -0.2) is 33.5 Å². The molecule has 21 heavy (non-hydrogen) atoms. The summed E-state index contributed by atoms with van der Waals surface area (Å²) in [6.07, 6.45) is 15.4. The van der Waals surface area contributed by atoms with E-state index in [4.69, 9.17) is 19.8 Å². The summed E-state index contributed by atoms with van der Waals surface area (Å²) in [5, 5.41) is 14.8. The molecule has 0 amide bonds. The minimum Gasteiger partial charge on any atom is -0.481 e. The zero-order valence-corrected chi connectivity index (χ0v) is 14.4. The van der Waals surface area contributed by atoms with Gasteiger partial charge in [0.1, 0.15) is 0 Å². The Morgan fingerprint density at radius 2 is 0.952 bits per heavy atom. The predicted octanol–water partition coefficient (Wildman–Crippen LogP) is 4.51. The molecule has 2 rings (SSSR count). The molecule has 0 bridgehead atoms. The average Bonchev–Trinajstić information content (AvgIpc) is 2.40. The van der Waals surface area contributed by atoms with E-state index in [2.05, 4.69) is 0 Å². The summed E-state index contributed by atoms with van der Waals surface area (Å²) < 4.78 is 0. The third kappa shape index (κ3) is 15.6. The lowest BCUT2D eigenvalue weighted by Gasteiger charge is -2.28. The molecule has 0 aliphatic heterocycles. The van der Waals surface area contributed by atoms with E-state index in [0.29, 0.717) is 0 Å². The Morgan fingerprint density at radius 1 is 0.714 bits per heavy atom. The quantitative estimate of drug-likeness (QED) is 0.734. The highest BCUT2D eigenvalue weighted by Gasteiger charge is 2.20. The fourth-order valence-electron chi connectivity index (χ4n) is 2.87. The monoisotopic (exact) mass is 318 g/mol. The molecule has 0 radical (unpaired) electrons. The maximum atomic E-state index is 9.00. The first kappa shape index (κ1) is 20.4. The van der Waals surface area contributed by atoms with Crippen LogP contribution in [0.25, 0.3) is 0 Å². The van der Waals surface area contributed by atoms with E-state index in [0.717, 1.165) is 25.2 Å². The van der Waals surface area contributed by atoms with Crippen molar-refractivity contribution in [2.45, 2.75) is 89.4 Å². The number of hydrogen-bond acceptors (Lipinski definition) is 2. The number of carboxylic acid groups (broad SMARTS) is 2. The van der Waals surface area contributed by atoms with Gasteiger partial charge in [0.2, 0.25) is 0 Å². The molecular formula is C16H31O4P.